The van der Waals surface area contributed by atoms with Gasteiger partial charge in [-0.25, -0.2) is 0 Å². The first-order chi connectivity index (χ1) is 8.66. The van der Waals surface area contributed by atoms with Gasteiger partial charge in [-0.1, -0.05) is 18.2 Å². The molecular formula is C15H17NO2. The van der Waals surface area contributed by atoms with E-state index in [1.165, 1.54) is 18.1 Å². The summed E-state index contributed by atoms with van der Waals surface area (Å²) in [5.74, 6) is -0.0628. The van der Waals surface area contributed by atoms with Gasteiger partial charge < -0.3 is 9.72 Å². The number of ether oxygens (including phenoxy) is 1. The molecule has 3 nitrogen and oxygen atoms in total. The predicted octanol–water partition coefficient (Wildman–Crippen LogP) is 2.97. The Balaban J connectivity index is 2.00. The number of carbonyl (C=O) groups excluding carboxylic acids is 1. The van der Waals surface area contributed by atoms with Gasteiger partial charge in [0.05, 0.1) is 12.5 Å². The van der Waals surface area contributed by atoms with Crippen LogP contribution in [0.4, 0.5) is 0 Å². The van der Waals surface area contributed by atoms with Crippen molar-refractivity contribution < 1.29 is 9.53 Å². The molecule has 1 aromatic heterocycles. The van der Waals surface area contributed by atoms with Crippen LogP contribution in [0.25, 0.3) is 10.9 Å². The van der Waals surface area contributed by atoms with Crippen molar-refractivity contribution in [2.45, 2.75) is 26.2 Å². The second-order valence-electron chi connectivity index (χ2n) is 5.22. The highest BCUT2D eigenvalue weighted by Crippen LogP contribution is 2.50. The molecule has 0 unspecified atom stereocenters. The van der Waals surface area contributed by atoms with Crippen molar-refractivity contribution in [3.8, 4) is 0 Å². The number of esters is 1. The summed E-state index contributed by atoms with van der Waals surface area (Å²) in [4.78, 5) is 15.2. The largest absolute Gasteiger partial charge is 0.469 e. The predicted molar refractivity (Wildman–Crippen MR) is 70.4 cm³/mol. The van der Waals surface area contributed by atoms with Crippen LogP contribution >= 0.6 is 0 Å². The fourth-order valence-corrected chi connectivity index (χ4v) is 2.72. The van der Waals surface area contributed by atoms with Gasteiger partial charge in [-0.05, 0) is 37.8 Å². The van der Waals surface area contributed by atoms with Gasteiger partial charge in [-0.15, -0.1) is 0 Å². The minimum Gasteiger partial charge on any atom is -0.469 e. The van der Waals surface area contributed by atoms with Gasteiger partial charge in [0.2, 0.25) is 0 Å². The molecule has 0 atom stereocenters. The Morgan fingerprint density at radius 1 is 1.39 bits per heavy atom. The number of hydrogen-bond donors (Lipinski definition) is 1. The molecule has 1 aromatic carbocycles. The molecule has 3 rings (SSSR count). The lowest BCUT2D eigenvalue weighted by Gasteiger charge is -2.12. The number of nitrogens with one attached hydrogen (secondary N) is 1. The first-order valence-corrected chi connectivity index (χ1v) is 6.31. The Morgan fingerprint density at radius 2 is 2.11 bits per heavy atom. The number of aromatic nitrogens is 1. The van der Waals surface area contributed by atoms with Crippen LogP contribution in [0.5, 0.6) is 0 Å². The van der Waals surface area contributed by atoms with Crippen LogP contribution in [0.2, 0.25) is 0 Å². The standard InChI is InChI=1S/C15H17NO2/c1-10-12(9-15(7-8-15)14(17)18-2)11-5-3-4-6-13(11)16-10/h3-6,16H,7-9H2,1-2H3. The van der Waals surface area contributed by atoms with Gasteiger partial charge in [0.15, 0.2) is 0 Å². The molecule has 0 saturated heterocycles. The van der Waals surface area contributed by atoms with Crippen molar-refractivity contribution in [3.63, 3.8) is 0 Å². The number of aromatic amines is 1. The normalized spacial score (nSPS) is 16.8. The molecular weight excluding hydrogens is 226 g/mol. The van der Waals surface area contributed by atoms with Crippen LogP contribution in [0.1, 0.15) is 24.1 Å². The van der Waals surface area contributed by atoms with Crippen LogP contribution in [-0.2, 0) is 16.0 Å². The maximum atomic E-state index is 11.8. The Bertz CT molecular complexity index is 608. The van der Waals surface area contributed by atoms with Gasteiger partial charge >= 0.3 is 5.97 Å². The number of fused-ring (bicyclic) bond motifs is 1. The summed E-state index contributed by atoms with van der Waals surface area (Å²) in [6.07, 6.45) is 2.67. The molecule has 18 heavy (non-hydrogen) atoms. The fraction of sp³-hybridized carbons (Fsp3) is 0.400. The van der Waals surface area contributed by atoms with E-state index in [0.29, 0.717) is 0 Å². The quantitative estimate of drug-likeness (QED) is 0.842. The molecule has 0 bridgehead atoms. The van der Waals surface area contributed by atoms with Gasteiger partial charge in [-0.2, -0.15) is 0 Å². The summed E-state index contributed by atoms with van der Waals surface area (Å²) in [5.41, 5.74) is 3.30. The van der Waals surface area contributed by atoms with E-state index >= 15 is 0 Å². The SMILES string of the molecule is COC(=O)C1(Cc2c(C)[nH]c3ccccc23)CC1. The van der Waals surface area contributed by atoms with Crippen LogP contribution in [0.3, 0.4) is 0 Å². The zero-order valence-corrected chi connectivity index (χ0v) is 10.7. The topological polar surface area (TPSA) is 42.1 Å². The molecule has 1 heterocycles. The minimum absolute atomic E-state index is 0.0628. The summed E-state index contributed by atoms with van der Waals surface area (Å²) in [6, 6.07) is 8.25. The van der Waals surface area contributed by atoms with Crippen molar-refractivity contribution in [2.75, 3.05) is 7.11 Å². The van der Waals surface area contributed by atoms with E-state index in [0.717, 1.165) is 30.5 Å². The van der Waals surface area contributed by atoms with E-state index < -0.39 is 0 Å². The molecule has 1 N–H and O–H groups in total. The highest BCUT2D eigenvalue weighted by Gasteiger charge is 2.51. The van der Waals surface area contributed by atoms with Crippen LogP contribution in [-0.4, -0.2) is 18.1 Å². The van der Waals surface area contributed by atoms with Crippen molar-refractivity contribution in [3.05, 3.63) is 35.5 Å². The zero-order chi connectivity index (χ0) is 12.8. The van der Waals surface area contributed by atoms with E-state index in [9.17, 15) is 4.79 Å². The van der Waals surface area contributed by atoms with Crippen molar-refractivity contribution in [1.82, 2.24) is 4.98 Å². The lowest BCUT2D eigenvalue weighted by atomic mass is 9.94. The van der Waals surface area contributed by atoms with Crippen LogP contribution < -0.4 is 0 Å². The summed E-state index contributed by atoms with van der Waals surface area (Å²) >= 11 is 0. The number of hydrogen-bond acceptors (Lipinski definition) is 2. The highest BCUT2D eigenvalue weighted by molar-refractivity contribution is 5.87. The molecule has 3 heteroatoms. The van der Waals surface area contributed by atoms with Crippen molar-refractivity contribution in [2.24, 2.45) is 5.41 Å². The zero-order valence-electron chi connectivity index (χ0n) is 10.7. The summed E-state index contributed by atoms with van der Waals surface area (Å²) in [6.45, 7) is 2.07. The molecule has 1 fully saturated rings. The maximum absolute atomic E-state index is 11.8. The molecule has 0 amide bonds. The molecule has 0 aliphatic heterocycles. The van der Waals surface area contributed by atoms with Gasteiger partial charge in [0.1, 0.15) is 0 Å². The third-order valence-electron chi connectivity index (χ3n) is 4.01. The summed E-state index contributed by atoms with van der Waals surface area (Å²) in [5, 5.41) is 1.23. The van der Waals surface area contributed by atoms with E-state index in [2.05, 4.69) is 24.0 Å². The molecule has 2 aromatic rings. The number of H-pyrrole nitrogens is 1. The number of methoxy groups -OCH3 is 1. The van der Waals surface area contributed by atoms with E-state index in [1.54, 1.807) is 0 Å². The average molecular weight is 243 g/mol. The molecule has 1 aliphatic carbocycles. The number of para-hydroxylation sites is 1. The monoisotopic (exact) mass is 243 g/mol. The molecule has 0 spiro atoms. The third kappa shape index (κ3) is 1.62. The van der Waals surface area contributed by atoms with Crippen molar-refractivity contribution in [1.29, 1.82) is 0 Å². The van der Waals surface area contributed by atoms with Gasteiger partial charge in [0.25, 0.3) is 0 Å². The Labute approximate surface area is 106 Å². The number of benzene rings is 1. The average Bonchev–Trinajstić information content (AvgIpc) is 3.10. The number of aryl methyl sites for hydroxylation is 1. The minimum atomic E-state index is -0.259. The summed E-state index contributed by atoms with van der Waals surface area (Å²) < 4.78 is 4.93. The lowest BCUT2D eigenvalue weighted by molar-refractivity contribution is -0.147. The lowest BCUT2D eigenvalue weighted by Crippen LogP contribution is -2.20. The molecule has 1 saturated carbocycles. The van der Waals surface area contributed by atoms with Gasteiger partial charge in [-0.3, -0.25) is 4.79 Å². The Hall–Kier alpha value is -1.77. The smallest absolute Gasteiger partial charge is 0.312 e. The van der Waals surface area contributed by atoms with Crippen LogP contribution in [0, 0.1) is 12.3 Å². The van der Waals surface area contributed by atoms with E-state index in [-0.39, 0.29) is 11.4 Å². The van der Waals surface area contributed by atoms with Crippen LogP contribution in [0.15, 0.2) is 24.3 Å². The third-order valence-corrected chi connectivity index (χ3v) is 4.01. The molecule has 94 valence electrons. The van der Waals surface area contributed by atoms with E-state index in [1.807, 2.05) is 12.1 Å². The second-order valence-corrected chi connectivity index (χ2v) is 5.22. The van der Waals surface area contributed by atoms with E-state index in [4.69, 9.17) is 4.74 Å². The Kier molecular flexibility index (Phi) is 2.44. The maximum Gasteiger partial charge on any atom is 0.312 e. The molecule has 1 aliphatic rings. The summed E-state index contributed by atoms with van der Waals surface area (Å²) in [7, 11) is 1.48. The second kappa shape index (κ2) is 3.87. The van der Waals surface area contributed by atoms with Crippen molar-refractivity contribution >= 4 is 16.9 Å². The number of rotatable bonds is 3. The Morgan fingerprint density at radius 3 is 2.78 bits per heavy atom. The molecule has 0 radical (unpaired) electrons. The fourth-order valence-electron chi connectivity index (χ4n) is 2.72. The first-order valence-electron chi connectivity index (χ1n) is 6.31. The van der Waals surface area contributed by atoms with Gasteiger partial charge in [0, 0.05) is 16.6 Å². The highest BCUT2D eigenvalue weighted by atomic mass is 16.5. The first kappa shape index (κ1) is 11.3. The number of carbonyl (C=O) groups is 1.